The van der Waals surface area contributed by atoms with E-state index in [1.807, 2.05) is 11.8 Å². The maximum Gasteiger partial charge on any atom is 0.335 e. The minimum Gasteiger partial charge on any atom is -0.478 e. The molecular formula is C14H17ClN2O3S. The second kappa shape index (κ2) is 7.68. The number of carbonyl (C=O) groups is 2. The summed E-state index contributed by atoms with van der Waals surface area (Å²) in [5.41, 5.74) is 0.437. The van der Waals surface area contributed by atoms with Crippen molar-refractivity contribution < 1.29 is 14.7 Å². The van der Waals surface area contributed by atoms with Gasteiger partial charge in [-0.1, -0.05) is 11.6 Å². The minimum absolute atomic E-state index is 0.0980. The molecule has 2 N–H and O–H groups in total. The van der Waals surface area contributed by atoms with Crippen molar-refractivity contribution in [2.75, 3.05) is 36.5 Å². The molecule has 0 radical (unpaired) electrons. The van der Waals surface area contributed by atoms with E-state index in [-0.39, 0.29) is 11.5 Å². The molecule has 5 nitrogen and oxygen atoms in total. The van der Waals surface area contributed by atoms with Crippen molar-refractivity contribution >= 4 is 40.9 Å². The van der Waals surface area contributed by atoms with E-state index in [1.54, 1.807) is 0 Å². The van der Waals surface area contributed by atoms with E-state index in [0.29, 0.717) is 17.3 Å². The van der Waals surface area contributed by atoms with E-state index >= 15 is 0 Å². The maximum absolute atomic E-state index is 12.1. The molecule has 2 rings (SSSR count). The first-order valence-electron chi connectivity index (χ1n) is 6.69. The van der Waals surface area contributed by atoms with Crippen molar-refractivity contribution in [3.05, 3.63) is 28.8 Å². The van der Waals surface area contributed by atoms with Gasteiger partial charge in [0.2, 0.25) is 5.91 Å². The fourth-order valence-electron chi connectivity index (χ4n) is 2.10. The Morgan fingerprint density at radius 3 is 2.90 bits per heavy atom. The number of benzene rings is 1. The number of anilines is 1. The van der Waals surface area contributed by atoms with Crippen LogP contribution in [-0.4, -0.2) is 53.0 Å². The summed E-state index contributed by atoms with van der Waals surface area (Å²) < 4.78 is 0. The molecule has 21 heavy (non-hydrogen) atoms. The molecule has 114 valence electrons. The highest BCUT2D eigenvalue weighted by molar-refractivity contribution is 7.99. The van der Waals surface area contributed by atoms with Crippen LogP contribution in [0.2, 0.25) is 5.02 Å². The molecule has 0 aliphatic carbocycles. The number of carboxylic acid groups (broad SMARTS) is 1. The van der Waals surface area contributed by atoms with Crippen LogP contribution in [0.3, 0.4) is 0 Å². The predicted octanol–water partition coefficient (Wildman–Crippen LogP) is 2.42. The third-order valence-corrected chi connectivity index (χ3v) is 4.55. The number of hydrogen-bond acceptors (Lipinski definition) is 4. The smallest absolute Gasteiger partial charge is 0.335 e. The summed E-state index contributed by atoms with van der Waals surface area (Å²) in [7, 11) is 0. The van der Waals surface area contributed by atoms with Gasteiger partial charge in [0, 0.05) is 12.3 Å². The third-order valence-electron chi connectivity index (χ3n) is 3.17. The lowest BCUT2D eigenvalue weighted by Gasteiger charge is -2.19. The molecule has 1 saturated heterocycles. The molecule has 1 heterocycles. The Kier molecular flexibility index (Phi) is 5.90. The van der Waals surface area contributed by atoms with Gasteiger partial charge in [0.15, 0.2) is 0 Å². The van der Waals surface area contributed by atoms with Crippen LogP contribution in [0.5, 0.6) is 0 Å². The number of rotatable bonds is 4. The maximum atomic E-state index is 12.1. The van der Waals surface area contributed by atoms with E-state index in [1.165, 1.54) is 18.2 Å². The molecule has 0 saturated carbocycles. The fraction of sp³-hybridized carbons (Fsp3) is 0.429. The van der Waals surface area contributed by atoms with Crippen LogP contribution >= 0.6 is 23.4 Å². The summed E-state index contributed by atoms with van der Waals surface area (Å²) in [6.45, 7) is 2.10. The van der Waals surface area contributed by atoms with E-state index in [2.05, 4.69) is 10.2 Å². The predicted molar refractivity (Wildman–Crippen MR) is 85.4 cm³/mol. The van der Waals surface area contributed by atoms with Gasteiger partial charge >= 0.3 is 5.97 Å². The van der Waals surface area contributed by atoms with E-state index in [9.17, 15) is 9.59 Å². The van der Waals surface area contributed by atoms with Crippen LogP contribution in [0.1, 0.15) is 16.8 Å². The quantitative estimate of drug-likeness (QED) is 0.888. The van der Waals surface area contributed by atoms with Gasteiger partial charge in [-0.2, -0.15) is 11.8 Å². The van der Waals surface area contributed by atoms with Gasteiger partial charge in [0.05, 0.1) is 22.8 Å². The molecule has 1 aliphatic heterocycles. The SMILES string of the molecule is O=C(CN1CCCSCC1)Nc1cc(C(=O)O)ccc1Cl. The Morgan fingerprint density at radius 2 is 2.14 bits per heavy atom. The highest BCUT2D eigenvalue weighted by Gasteiger charge is 2.15. The number of carboxylic acids is 1. The van der Waals surface area contributed by atoms with Crippen LogP contribution in [0.15, 0.2) is 18.2 Å². The van der Waals surface area contributed by atoms with Gasteiger partial charge in [-0.05, 0) is 36.9 Å². The number of carbonyl (C=O) groups excluding carboxylic acids is 1. The molecule has 0 bridgehead atoms. The summed E-state index contributed by atoms with van der Waals surface area (Å²) in [6, 6.07) is 4.26. The zero-order chi connectivity index (χ0) is 15.2. The van der Waals surface area contributed by atoms with Gasteiger partial charge in [0.1, 0.15) is 0 Å². The van der Waals surface area contributed by atoms with Crippen molar-refractivity contribution in [2.45, 2.75) is 6.42 Å². The second-order valence-corrected chi connectivity index (χ2v) is 6.42. The van der Waals surface area contributed by atoms with E-state index in [4.69, 9.17) is 16.7 Å². The molecule has 0 unspecified atom stereocenters. The molecule has 1 aromatic rings. The molecule has 0 aromatic heterocycles. The first-order chi connectivity index (χ1) is 10.1. The highest BCUT2D eigenvalue weighted by atomic mass is 35.5. The summed E-state index contributed by atoms with van der Waals surface area (Å²) in [6.07, 6.45) is 1.08. The summed E-state index contributed by atoms with van der Waals surface area (Å²) in [4.78, 5) is 25.1. The normalized spacial score (nSPS) is 16.2. The number of halogens is 1. The molecular weight excluding hydrogens is 312 g/mol. The first kappa shape index (κ1) is 16.1. The second-order valence-electron chi connectivity index (χ2n) is 4.79. The topological polar surface area (TPSA) is 69.6 Å². The summed E-state index contributed by atoms with van der Waals surface area (Å²) in [5.74, 6) is 0.936. The molecule has 1 aromatic carbocycles. The van der Waals surface area contributed by atoms with Crippen LogP contribution in [0.4, 0.5) is 5.69 Å². The van der Waals surface area contributed by atoms with Crippen molar-refractivity contribution in [1.82, 2.24) is 4.90 Å². The average molecular weight is 329 g/mol. The molecule has 1 fully saturated rings. The van der Waals surface area contributed by atoms with Crippen LogP contribution < -0.4 is 5.32 Å². The van der Waals surface area contributed by atoms with Gasteiger partial charge in [-0.25, -0.2) is 4.79 Å². The highest BCUT2D eigenvalue weighted by Crippen LogP contribution is 2.23. The van der Waals surface area contributed by atoms with Crippen molar-refractivity contribution in [2.24, 2.45) is 0 Å². The standard InChI is InChI=1S/C14H17ClN2O3S/c15-11-3-2-10(14(19)20)8-12(11)16-13(18)9-17-4-1-6-21-7-5-17/h2-3,8H,1,4-7,9H2,(H,16,18)(H,19,20). The Morgan fingerprint density at radius 1 is 1.33 bits per heavy atom. The molecule has 0 atom stereocenters. The number of nitrogens with one attached hydrogen (secondary N) is 1. The fourth-order valence-corrected chi connectivity index (χ4v) is 3.19. The monoisotopic (exact) mass is 328 g/mol. The number of hydrogen-bond donors (Lipinski definition) is 2. The van der Waals surface area contributed by atoms with Gasteiger partial charge in [0.25, 0.3) is 0 Å². The van der Waals surface area contributed by atoms with Gasteiger partial charge < -0.3 is 10.4 Å². The molecule has 1 amide bonds. The van der Waals surface area contributed by atoms with Crippen molar-refractivity contribution in [1.29, 1.82) is 0 Å². The zero-order valence-corrected chi connectivity index (χ0v) is 13.0. The van der Waals surface area contributed by atoms with E-state index < -0.39 is 5.97 Å². The van der Waals surface area contributed by atoms with Crippen LogP contribution in [-0.2, 0) is 4.79 Å². The van der Waals surface area contributed by atoms with Crippen LogP contribution in [0.25, 0.3) is 0 Å². The minimum atomic E-state index is -1.05. The molecule has 7 heteroatoms. The van der Waals surface area contributed by atoms with Gasteiger partial charge in [-0.15, -0.1) is 0 Å². The average Bonchev–Trinajstić information content (AvgIpc) is 2.69. The Bertz CT molecular complexity index is 531. The molecule has 0 spiro atoms. The van der Waals surface area contributed by atoms with Crippen LogP contribution in [0, 0.1) is 0 Å². The lowest BCUT2D eigenvalue weighted by atomic mass is 10.2. The Balaban J connectivity index is 1.98. The largest absolute Gasteiger partial charge is 0.478 e. The zero-order valence-electron chi connectivity index (χ0n) is 11.5. The van der Waals surface area contributed by atoms with Gasteiger partial charge in [-0.3, -0.25) is 9.69 Å². The Hall–Kier alpha value is -1.24. The lowest BCUT2D eigenvalue weighted by Crippen LogP contribution is -2.34. The number of thioether (sulfide) groups is 1. The summed E-state index contributed by atoms with van der Waals surface area (Å²) in [5, 5.41) is 12.0. The lowest BCUT2D eigenvalue weighted by molar-refractivity contribution is -0.117. The third kappa shape index (κ3) is 4.91. The summed E-state index contributed by atoms with van der Waals surface area (Å²) >= 11 is 7.89. The van der Waals surface area contributed by atoms with Crippen molar-refractivity contribution in [3.8, 4) is 0 Å². The number of aromatic carboxylic acids is 1. The van der Waals surface area contributed by atoms with E-state index in [0.717, 1.165) is 31.0 Å². The first-order valence-corrected chi connectivity index (χ1v) is 8.22. The number of amides is 1. The Labute approximate surface area is 132 Å². The molecule has 1 aliphatic rings. The number of nitrogens with zero attached hydrogens (tertiary/aromatic N) is 1. The van der Waals surface area contributed by atoms with Crippen molar-refractivity contribution in [3.63, 3.8) is 0 Å².